The summed E-state index contributed by atoms with van der Waals surface area (Å²) in [6.07, 6.45) is 12.8. The van der Waals surface area contributed by atoms with Gasteiger partial charge in [-0.05, 0) is 117 Å². The Hall–Kier alpha value is -2.52. The maximum absolute atomic E-state index is 14.0. The summed E-state index contributed by atoms with van der Waals surface area (Å²) in [4.78, 5) is 43.3. The van der Waals surface area contributed by atoms with E-state index in [1.54, 1.807) is 20.2 Å². The SMILES string of the molecule is CC(C)C1=C2C3CCC4C5(C)CCC(OC(=O)CC(C)(C)C(=O)O)C(C)(C)C5CCC4(C)C3(C)CCC2(C(O)CNCC2C=CNC=N2)CC1=O. The van der Waals surface area contributed by atoms with Crippen LogP contribution in [0.5, 0.6) is 0 Å². The number of hydrogen-bond acceptors (Lipinski definition) is 8. The van der Waals surface area contributed by atoms with Crippen molar-refractivity contribution in [2.75, 3.05) is 13.1 Å². The van der Waals surface area contributed by atoms with E-state index in [2.05, 4.69) is 64.1 Å². The second-order valence-corrected chi connectivity index (χ2v) is 19.6. The Bertz CT molecular complexity index is 1500. The third kappa shape index (κ3) is 5.95. The number of carbonyl (C=O) groups is 3. The zero-order valence-corrected chi connectivity index (χ0v) is 32.7. The first kappa shape index (κ1) is 38.2. The fourth-order valence-electron chi connectivity index (χ4n) is 13.0. The number of nitrogens with zero attached hydrogens (tertiary/aromatic N) is 1. The number of allylic oxidation sites excluding steroid dienone is 1. The first-order valence-corrected chi connectivity index (χ1v) is 19.8. The first-order valence-electron chi connectivity index (χ1n) is 19.8. The number of fused-ring (bicyclic) bond motifs is 7. The molecule has 0 aromatic rings. The predicted molar refractivity (Wildman–Crippen MR) is 199 cm³/mol. The third-order valence-electron chi connectivity index (χ3n) is 15.9. The minimum absolute atomic E-state index is 0.00881. The number of aliphatic imine (C=N–C) groups is 1. The number of rotatable bonds is 10. The molecule has 4 N–H and O–H groups in total. The number of carbonyl (C=O) groups excluding carboxylic acids is 2. The lowest BCUT2D eigenvalue weighted by Crippen LogP contribution is -2.66. The molecule has 6 rings (SSSR count). The van der Waals surface area contributed by atoms with Crippen LogP contribution in [0.2, 0.25) is 0 Å². The predicted octanol–water partition coefficient (Wildman–Crippen LogP) is 6.84. The van der Waals surface area contributed by atoms with Crippen LogP contribution >= 0.6 is 0 Å². The van der Waals surface area contributed by atoms with Gasteiger partial charge >= 0.3 is 11.9 Å². The molecule has 51 heavy (non-hydrogen) atoms. The number of Topliss-reactive ketones (excluding diaryl/α,β-unsaturated/α-hetero) is 1. The summed E-state index contributed by atoms with van der Waals surface area (Å²) in [6, 6.07) is 0.0277. The summed E-state index contributed by atoms with van der Waals surface area (Å²) in [5.41, 5.74) is 0.470. The van der Waals surface area contributed by atoms with Crippen molar-refractivity contribution in [2.24, 2.45) is 61.2 Å². The van der Waals surface area contributed by atoms with Gasteiger partial charge < -0.3 is 25.6 Å². The molecule has 9 heteroatoms. The fourth-order valence-corrected chi connectivity index (χ4v) is 13.0. The molecule has 0 aromatic carbocycles. The molecule has 1 heterocycles. The van der Waals surface area contributed by atoms with E-state index in [9.17, 15) is 24.6 Å². The Morgan fingerprint density at radius 2 is 1.75 bits per heavy atom. The van der Waals surface area contributed by atoms with Crippen molar-refractivity contribution in [2.45, 2.75) is 145 Å². The average Bonchev–Trinajstić information content (AvgIpc) is 3.36. The van der Waals surface area contributed by atoms with E-state index in [-0.39, 0.29) is 57.8 Å². The number of hydrogen-bond donors (Lipinski definition) is 4. The van der Waals surface area contributed by atoms with E-state index in [0.717, 1.165) is 56.9 Å². The quantitative estimate of drug-likeness (QED) is 0.181. The molecule has 6 aliphatic rings. The number of ether oxygens (including phenoxy) is 1. The van der Waals surface area contributed by atoms with Gasteiger partial charge in [0.25, 0.3) is 0 Å². The van der Waals surface area contributed by atoms with Gasteiger partial charge in [-0.15, -0.1) is 0 Å². The molecule has 0 saturated heterocycles. The monoisotopic (exact) mass is 707 g/mol. The Balaban J connectivity index is 1.26. The summed E-state index contributed by atoms with van der Waals surface area (Å²) in [5, 5.41) is 28.2. The standard InChI is InChI=1S/C42H65N3O6/c1-25(2)34-28(46)20-42(31(47)23-44-22-26-14-19-43-24-45-26)18-17-40(8)27(35(34)42)10-11-30-39(7)15-13-32(51-33(48)21-37(3,4)36(49)50)38(5,6)29(39)12-16-41(30,40)9/h14,19,24-27,29-32,44,47H,10-13,15-18,20-23H2,1-9H3,(H,43,45)(H,49,50). The van der Waals surface area contributed by atoms with Gasteiger partial charge in [0, 0.05) is 36.5 Å². The molecular weight excluding hydrogens is 642 g/mol. The van der Waals surface area contributed by atoms with Gasteiger partial charge in [0.2, 0.25) is 0 Å². The normalized spacial score (nSPS) is 40.5. The van der Waals surface area contributed by atoms with Crippen molar-refractivity contribution in [3.8, 4) is 0 Å². The lowest BCUT2D eigenvalue weighted by Gasteiger charge is -2.72. The van der Waals surface area contributed by atoms with E-state index < -0.39 is 28.9 Å². The highest BCUT2D eigenvalue weighted by Crippen LogP contribution is 2.77. The highest BCUT2D eigenvalue weighted by atomic mass is 16.5. The van der Waals surface area contributed by atoms with Crippen LogP contribution in [0.15, 0.2) is 28.4 Å². The number of aliphatic hydroxyl groups is 1. The number of ketones is 1. The van der Waals surface area contributed by atoms with Crippen LogP contribution < -0.4 is 10.6 Å². The molecule has 9 nitrogen and oxygen atoms in total. The van der Waals surface area contributed by atoms with E-state index in [4.69, 9.17) is 4.74 Å². The summed E-state index contributed by atoms with van der Waals surface area (Å²) in [5.74, 6) is 0.0581. The van der Waals surface area contributed by atoms with Crippen LogP contribution in [-0.4, -0.2) is 65.6 Å². The van der Waals surface area contributed by atoms with Gasteiger partial charge in [-0.25, -0.2) is 0 Å². The Morgan fingerprint density at radius 3 is 2.39 bits per heavy atom. The van der Waals surface area contributed by atoms with E-state index >= 15 is 0 Å². The van der Waals surface area contributed by atoms with Crippen molar-refractivity contribution in [1.82, 2.24) is 10.6 Å². The maximum Gasteiger partial charge on any atom is 0.309 e. The van der Waals surface area contributed by atoms with Crippen LogP contribution in [0.3, 0.4) is 0 Å². The molecule has 10 unspecified atom stereocenters. The molecule has 0 aromatic heterocycles. The molecule has 4 saturated carbocycles. The zero-order chi connectivity index (χ0) is 37.4. The van der Waals surface area contributed by atoms with Crippen LogP contribution in [0, 0.1) is 56.2 Å². The molecule has 0 spiro atoms. The second-order valence-electron chi connectivity index (χ2n) is 19.6. The molecule has 4 fully saturated rings. The van der Waals surface area contributed by atoms with E-state index in [1.807, 2.05) is 12.3 Å². The summed E-state index contributed by atoms with van der Waals surface area (Å²) >= 11 is 0. The molecular formula is C42H65N3O6. The molecule has 0 bridgehead atoms. The highest BCUT2D eigenvalue weighted by Gasteiger charge is 2.70. The van der Waals surface area contributed by atoms with Gasteiger partial charge in [0.05, 0.1) is 30.3 Å². The lowest BCUT2D eigenvalue weighted by molar-refractivity contribution is -0.235. The van der Waals surface area contributed by atoms with E-state index in [1.165, 1.54) is 5.57 Å². The van der Waals surface area contributed by atoms with Crippen molar-refractivity contribution < 1.29 is 29.3 Å². The number of aliphatic hydroxyl groups excluding tert-OH is 1. The number of nitrogens with one attached hydrogen (secondary N) is 2. The Morgan fingerprint density at radius 1 is 1.02 bits per heavy atom. The van der Waals surface area contributed by atoms with Crippen LogP contribution in [0.4, 0.5) is 0 Å². The van der Waals surface area contributed by atoms with Gasteiger partial charge in [-0.1, -0.05) is 54.0 Å². The summed E-state index contributed by atoms with van der Waals surface area (Å²) < 4.78 is 6.16. The Labute approximate surface area is 305 Å². The first-order chi connectivity index (χ1) is 23.7. The minimum atomic E-state index is -1.16. The highest BCUT2D eigenvalue weighted by molar-refractivity contribution is 6.00. The van der Waals surface area contributed by atoms with Crippen molar-refractivity contribution in [3.05, 3.63) is 23.4 Å². The summed E-state index contributed by atoms with van der Waals surface area (Å²) in [6.45, 7) is 20.7. The van der Waals surface area contributed by atoms with Crippen molar-refractivity contribution in [3.63, 3.8) is 0 Å². The number of esters is 1. The maximum atomic E-state index is 14.0. The van der Waals surface area contributed by atoms with Gasteiger partial charge in [-0.2, -0.15) is 0 Å². The summed E-state index contributed by atoms with van der Waals surface area (Å²) in [7, 11) is 0. The molecule has 1 aliphatic heterocycles. The van der Waals surface area contributed by atoms with Gasteiger partial charge in [0.1, 0.15) is 6.10 Å². The zero-order valence-electron chi connectivity index (χ0n) is 32.7. The third-order valence-corrected chi connectivity index (χ3v) is 15.9. The number of carboxylic acid groups (broad SMARTS) is 1. The molecule has 10 atom stereocenters. The van der Waals surface area contributed by atoms with Crippen LogP contribution in [0.1, 0.15) is 127 Å². The molecule has 0 radical (unpaired) electrons. The van der Waals surface area contributed by atoms with Gasteiger partial charge in [-0.3, -0.25) is 19.4 Å². The Kier molecular flexibility index (Phi) is 9.82. The van der Waals surface area contributed by atoms with Gasteiger partial charge in [0.15, 0.2) is 5.78 Å². The number of carboxylic acids is 1. The minimum Gasteiger partial charge on any atom is -0.481 e. The smallest absolute Gasteiger partial charge is 0.309 e. The van der Waals surface area contributed by atoms with E-state index in [0.29, 0.717) is 31.3 Å². The average molecular weight is 708 g/mol. The van der Waals surface area contributed by atoms with Crippen LogP contribution in [0.25, 0.3) is 0 Å². The largest absolute Gasteiger partial charge is 0.481 e. The topological polar surface area (TPSA) is 137 Å². The molecule has 0 amide bonds. The fraction of sp³-hybridized carbons (Fsp3) is 0.810. The van der Waals surface area contributed by atoms with Crippen LogP contribution in [-0.2, 0) is 19.1 Å². The van der Waals surface area contributed by atoms with Crippen molar-refractivity contribution >= 4 is 24.1 Å². The molecule has 5 aliphatic carbocycles. The van der Waals surface area contributed by atoms with Crippen molar-refractivity contribution in [1.29, 1.82) is 0 Å². The number of aliphatic carboxylic acids is 1. The molecule has 284 valence electrons. The second kappa shape index (κ2) is 13.1. The lowest BCUT2D eigenvalue weighted by atomic mass is 9.33.